The summed E-state index contributed by atoms with van der Waals surface area (Å²) in [5, 5.41) is 29.6. The van der Waals surface area contributed by atoms with Gasteiger partial charge in [0.25, 0.3) is 0 Å². The Hall–Kier alpha value is -1.79. The first-order valence-electron chi connectivity index (χ1n) is 5.02. The highest BCUT2D eigenvalue weighted by Gasteiger charge is 2.12. The van der Waals surface area contributed by atoms with Crippen LogP contribution in [-0.2, 0) is 0 Å². The van der Waals surface area contributed by atoms with Gasteiger partial charge in [-0.15, -0.1) is 0 Å². The molecule has 0 amide bonds. The zero-order chi connectivity index (χ0) is 12.8. The average Bonchev–Trinajstić information content (AvgIpc) is 2.35. The molecule has 6 heteroatoms. The largest absolute Gasteiger partial charge is 0.497 e. The summed E-state index contributed by atoms with van der Waals surface area (Å²) in [6.45, 7) is -0.330. The Morgan fingerprint density at radius 3 is 2.76 bits per heavy atom. The van der Waals surface area contributed by atoms with Gasteiger partial charge in [0.05, 0.1) is 31.1 Å². The topological polar surface area (TPSA) is 99.0 Å². The van der Waals surface area contributed by atoms with E-state index in [1.807, 2.05) is 0 Å². The number of rotatable bonds is 6. The highest BCUT2D eigenvalue weighted by molar-refractivity contribution is 5.94. The van der Waals surface area contributed by atoms with Crippen molar-refractivity contribution in [2.24, 2.45) is 0 Å². The molecule has 0 aliphatic carbocycles. The Morgan fingerprint density at radius 1 is 1.53 bits per heavy atom. The predicted molar refractivity (Wildman–Crippen MR) is 61.5 cm³/mol. The van der Waals surface area contributed by atoms with Crippen LogP contribution in [0.4, 0.5) is 5.69 Å². The van der Waals surface area contributed by atoms with E-state index in [1.54, 1.807) is 0 Å². The third-order valence-electron chi connectivity index (χ3n) is 2.20. The molecule has 0 radical (unpaired) electrons. The van der Waals surface area contributed by atoms with Gasteiger partial charge in [-0.25, -0.2) is 4.79 Å². The molecule has 0 heterocycles. The van der Waals surface area contributed by atoms with Crippen LogP contribution in [0.5, 0.6) is 5.75 Å². The highest BCUT2D eigenvalue weighted by atomic mass is 16.5. The second kappa shape index (κ2) is 6.07. The van der Waals surface area contributed by atoms with Gasteiger partial charge in [-0.3, -0.25) is 0 Å². The number of carboxylic acids is 1. The smallest absolute Gasteiger partial charge is 0.337 e. The van der Waals surface area contributed by atoms with Gasteiger partial charge in [-0.2, -0.15) is 0 Å². The summed E-state index contributed by atoms with van der Waals surface area (Å²) in [4.78, 5) is 10.9. The summed E-state index contributed by atoms with van der Waals surface area (Å²) in [6, 6.07) is 4.47. The molecule has 0 saturated carbocycles. The number of benzene rings is 1. The normalized spacial score (nSPS) is 11.9. The second-order valence-electron chi connectivity index (χ2n) is 3.43. The Morgan fingerprint density at radius 2 is 2.24 bits per heavy atom. The summed E-state index contributed by atoms with van der Waals surface area (Å²) in [6.07, 6.45) is -0.942. The molecule has 0 aliphatic heterocycles. The Bertz CT molecular complexity index is 393. The van der Waals surface area contributed by atoms with Crippen LogP contribution in [-0.4, -0.2) is 47.7 Å². The summed E-state index contributed by atoms with van der Waals surface area (Å²) < 4.78 is 4.98. The third kappa shape index (κ3) is 3.61. The molecule has 4 N–H and O–H groups in total. The van der Waals surface area contributed by atoms with Crippen LogP contribution in [0, 0.1) is 0 Å². The van der Waals surface area contributed by atoms with E-state index in [0.29, 0.717) is 11.4 Å². The first-order valence-corrected chi connectivity index (χ1v) is 5.02. The molecule has 0 aliphatic rings. The first-order chi connectivity index (χ1) is 8.08. The zero-order valence-electron chi connectivity index (χ0n) is 9.38. The van der Waals surface area contributed by atoms with E-state index in [9.17, 15) is 9.90 Å². The minimum absolute atomic E-state index is 0.0595. The number of hydrogen-bond acceptors (Lipinski definition) is 5. The molecule has 1 rings (SSSR count). The number of aliphatic hydroxyl groups excluding tert-OH is 2. The number of carbonyl (C=O) groups is 1. The van der Waals surface area contributed by atoms with Crippen LogP contribution in [0.3, 0.4) is 0 Å². The SMILES string of the molecule is COc1ccc(C(=O)O)c(NCC(O)CO)c1. The van der Waals surface area contributed by atoms with Crippen molar-refractivity contribution < 1.29 is 24.9 Å². The Kier molecular flexibility index (Phi) is 4.74. The number of aliphatic hydroxyl groups is 2. The number of carboxylic acid groups (broad SMARTS) is 1. The number of nitrogens with one attached hydrogen (secondary N) is 1. The molecule has 0 aromatic heterocycles. The van der Waals surface area contributed by atoms with Gasteiger partial charge in [-0.05, 0) is 12.1 Å². The fraction of sp³-hybridized carbons (Fsp3) is 0.364. The molecule has 6 nitrogen and oxygen atoms in total. The molecule has 0 saturated heterocycles. The predicted octanol–water partition coefficient (Wildman–Crippen LogP) is 0.158. The van der Waals surface area contributed by atoms with E-state index in [4.69, 9.17) is 14.9 Å². The Balaban J connectivity index is 2.89. The number of methoxy groups -OCH3 is 1. The van der Waals surface area contributed by atoms with Crippen LogP contribution in [0.15, 0.2) is 18.2 Å². The van der Waals surface area contributed by atoms with Crippen LogP contribution in [0.25, 0.3) is 0 Å². The molecule has 17 heavy (non-hydrogen) atoms. The van der Waals surface area contributed by atoms with Gasteiger partial charge in [0.2, 0.25) is 0 Å². The van der Waals surface area contributed by atoms with Gasteiger partial charge in [0.1, 0.15) is 5.75 Å². The fourth-order valence-corrected chi connectivity index (χ4v) is 1.28. The molecular formula is C11H15NO5. The molecule has 0 bridgehead atoms. The summed E-state index contributed by atoms with van der Waals surface area (Å²) in [5.74, 6) is -0.565. The summed E-state index contributed by atoms with van der Waals surface area (Å²) in [5.41, 5.74) is 0.417. The molecule has 94 valence electrons. The maximum atomic E-state index is 10.9. The first kappa shape index (κ1) is 13.3. The van der Waals surface area contributed by atoms with Crippen LogP contribution in [0.1, 0.15) is 10.4 Å². The van der Waals surface area contributed by atoms with Crippen LogP contribution < -0.4 is 10.1 Å². The molecule has 1 atom stereocenters. The molecule has 1 aromatic carbocycles. The van der Waals surface area contributed by atoms with Crippen molar-refractivity contribution in [1.29, 1.82) is 0 Å². The van der Waals surface area contributed by atoms with Crippen molar-refractivity contribution in [3.8, 4) is 5.75 Å². The summed E-state index contributed by atoms with van der Waals surface area (Å²) >= 11 is 0. The minimum Gasteiger partial charge on any atom is -0.497 e. The molecule has 1 unspecified atom stereocenters. The maximum absolute atomic E-state index is 10.9. The van der Waals surface area contributed by atoms with E-state index in [0.717, 1.165) is 0 Å². The molecular weight excluding hydrogens is 226 g/mol. The fourth-order valence-electron chi connectivity index (χ4n) is 1.28. The van der Waals surface area contributed by atoms with Crippen molar-refractivity contribution in [3.63, 3.8) is 0 Å². The second-order valence-corrected chi connectivity index (χ2v) is 3.43. The third-order valence-corrected chi connectivity index (χ3v) is 2.20. The molecule has 0 spiro atoms. The standard InChI is InChI=1S/C11H15NO5/c1-17-8-2-3-9(11(15)16)10(4-8)12-5-7(14)6-13/h2-4,7,12-14H,5-6H2,1H3,(H,15,16). The lowest BCUT2D eigenvalue weighted by Gasteiger charge is -2.13. The lowest BCUT2D eigenvalue weighted by atomic mass is 10.1. The maximum Gasteiger partial charge on any atom is 0.337 e. The van der Waals surface area contributed by atoms with Crippen molar-refractivity contribution >= 4 is 11.7 Å². The van der Waals surface area contributed by atoms with Crippen molar-refractivity contribution in [1.82, 2.24) is 0 Å². The van der Waals surface area contributed by atoms with Gasteiger partial charge in [0, 0.05) is 12.6 Å². The quantitative estimate of drug-likeness (QED) is 0.566. The van der Waals surface area contributed by atoms with Crippen molar-refractivity contribution in [2.75, 3.05) is 25.6 Å². The summed E-state index contributed by atoms with van der Waals surface area (Å²) in [7, 11) is 1.47. The molecule has 1 aromatic rings. The number of anilines is 1. The van der Waals surface area contributed by atoms with Gasteiger partial charge in [0.15, 0.2) is 0 Å². The van der Waals surface area contributed by atoms with E-state index in [-0.39, 0.29) is 18.7 Å². The molecule has 0 fully saturated rings. The van der Waals surface area contributed by atoms with Gasteiger partial charge < -0.3 is 25.4 Å². The number of hydrogen-bond donors (Lipinski definition) is 4. The zero-order valence-corrected chi connectivity index (χ0v) is 9.38. The van der Waals surface area contributed by atoms with E-state index >= 15 is 0 Å². The van der Waals surface area contributed by atoms with Crippen molar-refractivity contribution in [3.05, 3.63) is 23.8 Å². The van der Waals surface area contributed by atoms with Gasteiger partial charge in [-0.1, -0.05) is 0 Å². The lowest BCUT2D eigenvalue weighted by Crippen LogP contribution is -2.23. The van der Waals surface area contributed by atoms with Crippen LogP contribution >= 0.6 is 0 Å². The number of ether oxygens (including phenoxy) is 1. The minimum atomic E-state index is -1.08. The van der Waals surface area contributed by atoms with E-state index in [1.165, 1.54) is 25.3 Å². The van der Waals surface area contributed by atoms with Crippen molar-refractivity contribution in [2.45, 2.75) is 6.10 Å². The average molecular weight is 241 g/mol. The van der Waals surface area contributed by atoms with Gasteiger partial charge >= 0.3 is 5.97 Å². The Labute approximate surface area is 98.5 Å². The highest BCUT2D eigenvalue weighted by Crippen LogP contribution is 2.22. The van der Waals surface area contributed by atoms with E-state index < -0.39 is 12.1 Å². The van der Waals surface area contributed by atoms with E-state index in [2.05, 4.69) is 5.32 Å². The number of aromatic carboxylic acids is 1. The lowest BCUT2D eigenvalue weighted by molar-refractivity contribution is 0.0697. The van der Waals surface area contributed by atoms with Crippen LogP contribution in [0.2, 0.25) is 0 Å². The monoisotopic (exact) mass is 241 g/mol.